The van der Waals surface area contributed by atoms with E-state index in [4.69, 9.17) is 0 Å². The lowest BCUT2D eigenvalue weighted by Crippen LogP contribution is -1.96. The van der Waals surface area contributed by atoms with E-state index in [-0.39, 0.29) is 0 Å². The minimum atomic E-state index is -0.648. The highest BCUT2D eigenvalue weighted by molar-refractivity contribution is 9.10. The second-order valence-corrected chi connectivity index (χ2v) is 4.49. The predicted octanol–water partition coefficient (Wildman–Crippen LogP) is 1.72. The van der Waals surface area contributed by atoms with Crippen LogP contribution in [-0.4, -0.2) is 19.9 Å². The van der Waals surface area contributed by atoms with Crippen LogP contribution in [0, 0.1) is 0 Å². The van der Waals surface area contributed by atoms with Crippen LogP contribution in [-0.2, 0) is 7.05 Å². The molecule has 0 fully saturated rings. The summed E-state index contributed by atoms with van der Waals surface area (Å²) in [5, 5.41) is 14.0. The number of hydrogen-bond acceptors (Lipinski definition) is 4. The molecule has 0 radical (unpaired) electrons. The van der Waals surface area contributed by atoms with Crippen LogP contribution in [0.5, 0.6) is 0 Å². The standard InChI is InChI=1S/C8H8BrN3OS/c1-12-3-5(2-11-12)6(13)7-8(9)10-4-14-7/h2-4,6,13H,1H3. The highest BCUT2D eigenvalue weighted by atomic mass is 79.9. The molecule has 1 unspecified atom stereocenters. The fourth-order valence-electron chi connectivity index (χ4n) is 1.15. The Hall–Kier alpha value is -0.720. The summed E-state index contributed by atoms with van der Waals surface area (Å²) < 4.78 is 2.35. The number of rotatable bonds is 2. The van der Waals surface area contributed by atoms with Gasteiger partial charge in [-0.15, -0.1) is 11.3 Å². The van der Waals surface area contributed by atoms with Crippen LogP contribution in [0.3, 0.4) is 0 Å². The van der Waals surface area contributed by atoms with Gasteiger partial charge in [-0.3, -0.25) is 4.68 Å². The summed E-state index contributed by atoms with van der Waals surface area (Å²) in [7, 11) is 1.82. The molecule has 0 saturated carbocycles. The average molecular weight is 274 g/mol. The second kappa shape index (κ2) is 3.80. The maximum absolute atomic E-state index is 9.96. The lowest BCUT2D eigenvalue weighted by atomic mass is 10.2. The van der Waals surface area contributed by atoms with Crippen LogP contribution in [0.25, 0.3) is 0 Å². The minimum Gasteiger partial charge on any atom is -0.383 e. The molecule has 2 aromatic rings. The first-order chi connectivity index (χ1) is 6.68. The fraction of sp³-hybridized carbons (Fsp3) is 0.250. The molecule has 0 amide bonds. The van der Waals surface area contributed by atoms with Gasteiger partial charge in [0.2, 0.25) is 0 Å². The number of thiazole rings is 1. The summed E-state index contributed by atoms with van der Waals surface area (Å²) in [6.45, 7) is 0. The normalized spacial score (nSPS) is 13.1. The molecule has 14 heavy (non-hydrogen) atoms. The van der Waals surface area contributed by atoms with Crippen LogP contribution in [0.15, 0.2) is 22.5 Å². The maximum atomic E-state index is 9.96. The number of aryl methyl sites for hydroxylation is 1. The highest BCUT2D eigenvalue weighted by Crippen LogP contribution is 2.30. The Morgan fingerprint density at radius 2 is 2.43 bits per heavy atom. The van der Waals surface area contributed by atoms with E-state index in [0.717, 1.165) is 10.4 Å². The molecule has 0 aromatic carbocycles. The van der Waals surface area contributed by atoms with Crippen molar-refractivity contribution in [2.24, 2.45) is 7.05 Å². The molecule has 0 saturated heterocycles. The van der Waals surface area contributed by atoms with E-state index < -0.39 is 6.10 Å². The Labute approximate surface area is 93.3 Å². The van der Waals surface area contributed by atoms with Crippen molar-refractivity contribution in [2.75, 3.05) is 0 Å². The zero-order valence-corrected chi connectivity index (χ0v) is 9.79. The van der Waals surface area contributed by atoms with Gasteiger partial charge in [0.25, 0.3) is 0 Å². The molecule has 2 rings (SSSR count). The van der Waals surface area contributed by atoms with Crippen LogP contribution < -0.4 is 0 Å². The summed E-state index contributed by atoms with van der Waals surface area (Å²) in [4.78, 5) is 4.82. The quantitative estimate of drug-likeness (QED) is 0.907. The summed E-state index contributed by atoms with van der Waals surface area (Å²) >= 11 is 4.70. The molecule has 6 heteroatoms. The van der Waals surface area contributed by atoms with Gasteiger partial charge >= 0.3 is 0 Å². The number of halogens is 1. The zero-order valence-electron chi connectivity index (χ0n) is 7.38. The Bertz CT molecular complexity index is 439. The molecule has 2 heterocycles. The number of aromatic nitrogens is 3. The van der Waals surface area contributed by atoms with Crippen molar-refractivity contribution < 1.29 is 5.11 Å². The van der Waals surface area contributed by atoms with Crippen molar-refractivity contribution in [3.8, 4) is 0 Å². The first kappa shape index (κ1) is 9.82. The van der Waals surface area contributed by atoms with E-state index in [1.807, 2.05) is 7.05 Å². The molecular weight excluding hydrogens is 266 g/mol. The van der Waals surface area contributed by atoms with E-state index in [9.17, 15) is 5.11 Å². The number of aliphatic hydroxyl groups is 1. The van der Waals surface area contributed by atoms with E-state index in [2.05, 4.69) is 26.0 Å². The molecular formula is C8H8BrN3OS. The van der Waals surface area contributed by atoms with E-state index in [1.54, 1.807) is 22.6 Å². The summed E-state index contributed by atoms with van der Waals surface area (Å²) in [6, 6.07) is 0. The van der Waals surface area contributed by atoms with Crippen molar-refractivity contribution in [2.45, 2.75) is 6.10 Å². The van der Waals surface area contributed by atoms with Crippen molar-refractivity contribution in [3.05, 3.63) is 32.9 Å². The van der Waals surface area contributed by atoms with Gasteiger partial charge in [-0.1, -0.05) is 0 Å². The molecule has 4 nitrogen and oxygen atoms in total. The first-order valence-electron chi connectivity index (χ1n) is 3.94. The smallest absolute Gasteiger partial charge is 0.123 e. The Morgan fingerprint density at radius 1 is 1.64 bits per heavy atom. The summed E-state index contributed by atoms with van der Waals surface area (Å²) in [5.74, 6) is 0. The lowest BCUT2D eigenvalue weighted by Gasteiger charge is -2.04. The van der Waals surface area contributed by atoms with Gasteiger partial charge in [0.15, 0.2) is 0 Å². The van der Waals surface area contributed by atoms with Gasteiger partial charge in [0.1, 0.15) is 10.7 Å². The predicted molar refractivity (Wildman–Crippen MR) is 57.1 cm³/mol. The van der Waals surface area contributed by atoms with E-state index >= 15 is 0 Å². The van der Waals surface area contributed by atoms with Crippen molar-refractivity contribution in [3.63, 3.8) is 0 Å². The topological polar surface area (TPSA) is 50.9 Å². The van der Waals surface area contributed by atoms with Gasteiger partial charge in [-0.05, 0) is 15.9 Å². The largest absolute Gasteiger partial charge is 0.383 e. The van der Waals surface area contributed by atoms with Gasteiger partial charge in [-0.25, -0.2) is 4.98 Å². The molecule has 74 valence electrons. The lowest BCUT2D eigenvalue weighted by molar-refractivity contribution is 0.223. The van der Waals surface area contributed by atoms with Crippen LogP contribution in [0.2, 0.25) is 0 Å². The van der Waals surface area contributed by atoms with E-state index in [0.29, 0.717) is 4.60 Å². The zero-order chi connectivity index (χ0) is 10.1. The maximum Gasteiger partial charge on any atom is 0.123 e. The van der Waals surface area contributed by atoms with Gasteiger partial charge in [0.05, 0.1) is 16.6 Å². The molecule has 2 aromatic heterocycles. The Morgan fingerprint density at radius 3 is 2.93 bits per heavy atom. The number of hydrogen-bond donors (Lipinski definition) is 1. The highest BCUT2D eigenvalue weighted by Gasteiger charge is 2.17. The third-order valence-corrected chi connectivity index (χ3v) is 3.61. The van der Waals surface area contributed by atoms with Crippen LogP contribution >= 0.6 is 27.3 Å². The monoisotopic (exact) mass is 273 g/mol. The molecule has 0 aliphatic heterocycles. The fourth-order valence-corrected chi connectivity index (χ4v) is 2.57. The third kappa shape index (κ3) is 1.73. The third-order valence-electron chi connectivity index (χ3n) is 1.84. The van der Waals surface area contributed by atoms with Crippen molar-refractivity contribution >= 4 is 27.3 Å². The molecule has 1 atom stereocenters. The molecule has 1 N–H and O–H groups in total. The van der Waals surface area contributed by atoms with Crippen LogP contribution in [0.4, 0.5) is 0 Å². The van der Waals surface area contributed by atoms with Gasteiger partial charge in [0, 0.05) is 18.8 Å². The van der Waals surface area contributed by atoms with Gasteiger partial charge < -0.3 is 5.11 Å². The molecule has 0 aliphatic rings. The van der Waals surface area contributed by atoms with Crippen molar-refractivity contribution in [1.82, 2.24) is 14.8 Å². The molecule has 0 spiro atoms. The van der Waals surface area contributed by atoms with Crippen LogP contribution in [0.1, 0.15) is 16.5 Å². The first-order valence-corrected chi connectivity index (χ1v) is 5.61. The summed E-state index contributed by atoms with van der Waals surface area (Å²) in [6.07, 6.45) is 2.79. The SMILES string of the molecule is Cn1cc(C(O)c2scnc2Br)cn1. The molecule has 0 bridgehead atoms. The Kier molecular flexibility index (Phi) is 2.66. The Balaban J connectivity index is 2.33. The summed E-state index contributed by atoms with van der Waals surface area (Å²) in [5.41, 5.74) is 2.47. The van der Waals surface area contributed by atoms with E-state index in [1.165, 1.54) is 11.3 Å². The second-order valence-electron chi connectivity index (χ2n) is 2.86. The number of nitrogens with zero attached hydrogens (tertiary/aromatic N) is 3. The van der Waals surface area contributed by atoms with Gasteiger partial charge in [-0.2, -0.15) is 5.10 Å². The number of aliphatic hydroxyl groups excluding tert-OH is 1. The average Bonchev–Trinajstić information content (AvgIpc) is 2.73. The van der Waals surface area contributed by atoms with Crippen molar-refractivity contribution in [1.29, 1.82) is 0 Å². The molecule has 0 aliphatic carbocycles. The minimum absolute atomic E-state index is 0.648.